The molecule has 15 heavy (non-hydrogen) atoms. The second-order valence-corrected chi connectivity index (χ2v) is 2.91. The summed E-state index contributed by atoms with van der Waals surface area (Å²) in [7, 11) is 3.22. The molecular formula is C12H13NO2. The summed E-state index contributed by atoms with van der Waals surface area (Å²) >= 11 is 0. The van der Waals surface area contributed by atoms with E-state index in [0.717, 1.165) is 17.1 Å². The van der Waals surface area contributed by atoms with E-state index in [0.29, 0.717) is 6.42 Å². The van der Waals surface area contributed by atoms with E-state index < -0.39 is 0 Å². The van der Waals surface area contributed by atoms with Crippen LogP contribution in [0.5, 0.6) is 11.5 Å². The third-order valence-electron chi connectivity index (χ3n) is 1.89. The summed E-state index contributed by atoms with van der Waals surface area (Å²) in [4.78, 5) is 0. The maximum atomic E-state index is 8.40. The Morgan fingerprint density at radius 1 is 1.20 bits per heavy atom. The Hall–Kier alpha value is -1.95. The maximum absolute atomic E-state index is 8.40. The molecule has 0 atom stereocenters. The summed E-state index contributed by atoms with van der Waals surface area (Å²) in [6.45, 7) is 0. The van der Waals surface area contributed by atoms with Crippen molar-refractivity contribution >= 4 is 6.08 Å². The Labute approximate surface area is 89.6 Å². The lowest BCUT2D eigenvalue weighted by Crippen LogP contribution is -1.87. The quantitative estimate of drug-likeness (QED) is 0.755. The monoisotopic (exact) mass is 203 g/mol. The van der Waals surface area contributed by atoms with Gasteiger partial charge in [0, 0.05) is 6.07 Å². The number of ether oxygens (including phenoxy) is 2. The van der Waals surface area contributed by atoms with Crippen molar-refractivity contribution in [3.63, 3.8) is 0 Å². The van der Waals surface area contributed by atoms with Crippen LogP contribution in [0.25, 0.3) is 6.08 Å². The molecule has 0 radical (unpaired) electrons. The van der Waals surface area contributed by atoms with Gasteiger partial charge in [-0.25, -0.2) is 0 Å². The van der Waals surface area contributed by atoms with E-state index in [1.54, 1.807) is 20.3 Å². The summed E-state index contributed by atoms with van der Waals surface area (Å²) in [5, 5.41) is 8.40. The van der Waals surface area contributed by atoms with E-state index >= 15 is 0 Å². The predicted octanol–water partition coefficient (Wildman–Crippen LogP) is 2.63. The third-order valence-corrected chi connectivity index (χ3v) is 1.89. The van der Waals surface area contributed by atoms with E-state index in [2.05, 4.69) is 0 Å². The van der Waals surface area contributed by atoms with Gasteiger partial charge < -0.3 is 9.47 Å². The van der Waals surface area contributed by atoms with Crippen molar-refractivity contribution in [3.05, 3.63) is 29.8 Å². The van der Waals surface area contributed by atoms with Gasteiger partial charge in [-0.2, -0.15) is 5.26 Å². The molecule has 0 N–H and O–H groups in total. The van der Waals surface area contributed by atoms with Crippen LogP contribution in [0.1, 0.15) is 12.0 Å². The van der Waals surface area contributed by atoms with E-state index in [-0.39, 0.29) is 0 Å². The normalized spacial score (nSPS) is 9.93. The number of rotatable bonds is 4. The lowest BCUT2D eigenvalue weighted by molar-refractivity contribution is 0.394. The molecule has 0 heterocycles. The molecule has 78 valence electrons. The Morgan fingerprint density at radius 2 is 1.80 bits per heavy atom. The molecule has 3 heteroatoms. The Bertz CT molecular complexity index is 369. The van der Waals surface area contributed by atoms with Crippen LogP contribution in [-0.2, 0) is 0 Å². The average Bonchev–Trinajstić information content (AvgIpc) is 2.29. The summed E-state index contributed by atoms with van der Waals surface area (Å²) in [6, 6.07) is 7.62. The van der Waals surface area contributed by atoms with Crippen LogP contribution in [0.15, 0.2) is 24.3 Å². The van der Waals surface area contributed by atoms with E-state index in [4.69, 9.17) is 14.7 Å². The summed E-state index contributed by atoms with van der Waals surface area (Å²) in [5.74, 6) is 1.48. The van der Waals surface area contributed by atoms with Crippen molar-refractivity contribution in [2.45, 2.75) is 6.42 Å². The fraction of sp³-hybridized carbons (Fsp3) is 0.250. The van der Waals surface area contributed by atoms with Gasteiger partial charge in [0.25, 0.3) is 0 Å². The number of allylic oxidation sites excluding steroid dienone is 1. The number of nitrogens with zero attached hydrogens (tertiary/aromatic N) is 1. The number of hydrogen-bond acceptors (Lipinski definition) is 3. The molecule has 1 rings (SSSR count). The van der Waals surface area contributed by atoms with Gasteiger partial charge in [-0.1, -0.05) is 12.2 Å². The van der Waals surface area contributed by atoms with Crippen LogP contribution in [0.3, 0.4) is 0 Å². The molecule has 0 saturated heterocycles. The first-order valence-electron chi connectivity index (χ1n) is 4.56. The highest BCUT2D eigenvalue weighted by Gasteiger charge is 1.98. The van der Waals surface area contributed by atoms with Crippen molar-refractivity contribution in [3.8, 4) is 17.6 Å². The SMILES string of the molecule is COc1cc(C=CCC#N)cc(OC)c1. The molecule has 0 bridgehead atoms. The zero-order valence-corrected chi connectivity index (χ0v) is 8.86. The lowest BCUT2D eigenvalue weighted by Gasteiger charge is -2.05. The number of hydrogen-bond donors (Lipinski definition) is 0. The smallest absolute Gasteiger partial charge is 0.123 e. The molecule has 0 aromatic heterocycles. The zero-order chi connectivity index (χ0) is 11.1. The molecule has 1 aromatic rings. The second-order valence-electron chi connectivity index (χ2n) is 2.91. The minimum Gasteiger partial charge on any atom is -0.497 e. The molecule has 1 aromatic carbocycles. The Kier molecular flexibility index (Phi) is 4.24. The molecule has 0 saturated carbocycles. The Balaban J connectivity index is 2.92. The molecule has 0 aliphatic carbocycles. The maximum Gasteiger partial charge on any atom is 0.123 e. The molecule has 0 amide bonds. The Morgan fingerprint density at radius 3 is 2.27 bits per heavy atom. The van der Waals surface area contributed by atoms with E-state index in [1.807, 2.05) is 30.3 Å². The van der Waals surface area contributed by atoms with Crippen molar-refractivity contribution in [1.82, 2.24) is 0 Å². The first-order valence-corrected chi connectivity index (χ1v) is 4.56. The number of benzene rings is 1. The molecule has 0 spiro atoms. The summed E-state index contributed by atoms with van der Waals surface area (Å²) < 4.78 is 10.2. The molecule has 0 aliphatic rings. The van der Waals surface area contributed by atoms with Crippen LogP contribution in [0, 0.1) is 11.3 Å². The second kappa shape index (κ2) is 5.71. The standard InChI is InChI=1S/C12H13NO2/c1-14-11-7-10(5-3-4-6-13)8-12(9-11)15-2/h3,5,7-9H,4H2,1-2H3. The van der Waals surface area contributed by atoms with Gasteiger partial charge in [-0.15, -0.1) is 0 Å². The van der Waals surface area contributed by atoms with Crippen molar-refractivity contribution in [1.29, 1.82) is 5.26 Å². The first-order chi connectivity index (χ1) is 7.30. The fourth-order valence-electron chi connectivity index (χ4n) is 1.17. The van der Waals surface area contributed by atoms with Gasteiger partial charge in [0.2, 0.25) is 0 Å². The molecule has 0 unspecified atom stereocenters. The number of methoxy groups -OCH3 is 2. The summed E-state index contributed by atoms with van der Waals surface area (Å²) in [6.07, 6.45) is 4.07. The predicted molar refractivity (Wildman–Crippen MR) is 58.8 cm³/mol. The van der Waals surface area contributed by atoms with Crippen LogP contribution < -0.4 is 9.47 Å². The van der Waals surface area contributed by atoms with Crippen LogP contribution >= 0.6 is 0 Å². The van der Waals surface area contributed by atoms with Gasteiger partial charge in [0.15, 0.2) is 0 Å². The minimum atomic E-state index is 0.402. The highest BCUT2D eigenvalue weighted by molar-refractivity contribution is 5.55. The molecule has 0 aliphatic heterocycles. The number of nitriles is 1. The van der Waals surface area contributed by atoms with Crippen molar-refractivity contribution in [2.24, 2.45) is 0 Å². The van der Waals surface area contributed by atoms with Gasteiger partial charge in [-0.05, 0) is 17.7 Å². The van der Waals surface area contributed by atoms with Gasteiger partial charge >= 0.3 is 0 Å². The first kappa shape index (κ1) is 11.1. The highest BCUT2D eigenvalue weighted by atomic mass is 16.5. The van der Waals surface area contributed by atoms with Gasteiger partial charge in [-0.3, -0.25) is 0 Å². The lowest BCUT2D eigenvalue weighted by atomic mass is 10.2. The van der Waals surface area contributed by atoms with Crippen molar-refractivity contribution < 1.29 is 9.47 Å². The van der Waals surface area contributed by atoms with Crippen LogP contribution in [-0.4, -0.2) is 14.2 Å². The molecule has 0 fully saturated rings. The van der Waals surface area contributed by atoms with Crippen LogP contribution in [0.4, 0.5) is 0 Å². The van der Waals surface area contributed by atoms with Gasteiger partial charge in [0.1, 0.15) is 11.5 Å². The van der Waals surface area contributed by atoms with Crippen molar-refractivity contribution in [2.75, 3.05) is 14.2 Å². The molecule has 3 nitrogen and oxygen atoms in total. The minimum absolute atomic E-state index is 0.402. The molecular weight excluding hydrogens is 190 g/mol. The topological polar surface area (TPSA) is 42.2 Å². The fourth-order valence-corrected chi connectivity index (χ4v) is 1.17. The van der Waals surface area contributed by atoms with E-state index in [1.165, 1.54) is 0 Å². The van der Waals surface area contributed by atoms with E-state index in [9.17, 15) is 0 Å². The summed E-state index contributed by atoms with van der Waals surface area (Å²) in [5.41, 5.74) is 0.960. The largest absolute Gasteiger partial charge is 0.497 e. The average molecular weight is 203 g/mol. The van der Waals surface area contributed by atoms with Gasteiger partial charge in [0.05, 0.1) is 26.7 Å². The highest BCUT2D eigenvalue weighted by Crippen LogP contribution is 2.23. The zero-order valence-electron chi connectivity index (χ0n) is 8.86. The third kappa shape index (κ3) is 3.35. The van der Waals surface area contributed by atoms with Crippen LogP contribution in [0.2, 0.25) is 0 Å².